The van der Waals surface area contributed by atoms with Crippen molar-refractivity contribution in [1.82, 2.24) is 0 Å². The fraction of sp³-hybridized carbons (Fsp3) is 0.108. The van der Waals surface area contributed by atoms with Gasteiger partial charge >= 0.3 is 37.9 Å². The summed E-state index contributed by atoms with van der Waals surface area (Å²) in [5, 5.41) is 8.17. The molecule has 0 saturated carbocycles. The molecule has 12 aromatic carbocycles. The third kappa shape index (κ3) is 12.7. The van der Waals surface area contributed by atoms with Crippen molar-refractivity contribution in [1.29, 1.82) is 0 Å². The molecule has 0 unspecified atom stereocenters. The first kappa shape index (κ1) is 54.5. The summed E-state index contributed by atoms with van der Waals surface area (Å²) >= 11 is -0.826. The van der Waals surface area contributed by atoms with Crippen molar-refractivity contribution in [2.75, 3.05) is 0 Å². The van der Waals surface area contributed by atoms with Gasteiger partial charge in [0.05, 0.1) is 9.52 Å². The molecule has 0 aliphatic carbocycles. The minimum atomic E-state index is -0.826. The molecule has 78 heavy (non-hydrogen) atoms. The Bertz CT molecular complexity index is 3620. The quantitative estimate of drug-likeness (QED) is 0.0946. The SMILES string of the molecule is CC(C)Cc1cc2c(-c3ccccc3-c3ccccc3)c(-c3ccccc3)ccc2[cH-]1.CC(C)Cc1cc2c(-c3ccccc3-c3ccccc3)c(-c3ccccc3)ccc2[cH-]1.[Cl][Zr][Cl].[c-]1cccc2c1[Si]c1ccccc1-2. The van der Waals surface area contributed by atoms with Crippen LogP contribution in [0.4, 0.5) is 0 Å². The zero-order chi connectivity index (χ0) is 53.8. The van der Waals surface area contributed by atoms with Crippen LogP contribution in [0.3, 0.4) is 0 Å². The molecule has 0 saturated heterocycles. The molecule has 0 bridgehead atoms. The van der Waals surface area contributed by atoms with E-state index in [9.17, 15) is 0 Å². The summed E-state index contributed by atoms with van der Waals surface area (Å²) in [6, 6.07) is 97.6. The monoisotopic (exact) mass is 1140 g/mol. The Morgan fingerprint density at radius 1 is 0.385 bits per heavy atom. The minimum absolute atomic E-state index is 0.644. The smallest absolute Gasteiger partial charge is 0.0920 e. The molecule has 0 atom stereocenters. The second-order valence-corrected chi connectivity index (χ2v) is 25.7. The zero-order valence-electron chi connectivity index (χ0n) is 44.7. The van der Waals surface area contributed by atoms with Crippen molar-refractivity contribution in [2.45, 2.75) is 40.5 Å². The Labute approximate surface area is 483 Å². The molecule has 0 fully saturated rings. The van der Waals surface area contributed by atoms with Gasteiger partial charge in [-0.2, -0.15) is 41.6 Å². The first-order chi connectivity index (χ1) is 38.3. The maximum absolute atomic E-state index is 4.93. The van der Waals surface area contributed by atoms with E-state index >= 15 is 0 Å². The Morgan fingerprint density at radius 2 is 0.731 bits per heavy atom. The van der Waals surface area contributed by atoms with E-state index < -0.39 is 20.8 Å². The van der Waals surface area contributed by atoms with Gasteiger partial charge in [0.1, 0.15) is 0 Å². The second kappa shape index (κ2) is 26.2. The number of benzene rings is 10. The van der Waals surface area contributed by atoms with Gasteiger partial charge in [-0.3, -0.25) is 0 Å². The third-order valence-electron chi connectivity index (χ3n) is 14.3. The third-order valence-corrected chi connectivity index (χ3v) is 15.6. The molecule has 0 N–H and O–H groups in total. The average Bonchev–Trinajstić information content (AvgIpc) is 4.35. The van der Waals surface area contributed by atoms with E-state index in [1.807, 2.05) is 6.07 Å². The van der Waals surface area contributed by atoms with Crippen LogP contribution in [-0.4, -0.2) is 9.52 Å². The molecule has 1 aliphatic heterocycles. The number of hydrogen-bond acceptors (Lipinski definition) is 0. The standard InChI is InChI=1S/2C31H27.C12H7Si.2ClH.Zr/c2*1-22(2)19-23-20-26-17-18-28(25-13-7-4-8-14-25)31(30(26)21-23)29-16-10-9-15-27(29)24-11-5-3-6-12-24;1-3-7-11-9(5-1)10-6-2-4-8-12(10)13-11;;;/h2*3-18,20-22H,19H2,1-2H3;1-7H;2*1H;/q3*-1;;;+2/p-2. The van der Waals surface area contributed by atoms with Crippen molar-refractivity contribution in [2.24, 2.45) is 11.8 Å². The van der Waals surface area contributed by atoms with Crippen molar-refractivity contribution in [3.8, 4) is 77.9 Å². The normalized spacial score (nSPS) is 11.2. The van der Waals surface area contributed by atoms with Gasteiger partial charge in [0, 0.05) is 0 Å². The maximum atomic E-state index is 4.93. The molecular weight excluding hydrogens is 1080 g/mol. The van der Waals surface area contributed by atoms with Crippen molar-refractivity contribution >= 4 is 58.5 Å². The van der Waals surface area contributed by atoms with Gasteiger partial charge in [-0.25, -0.2) is 0 Å². The van der Waals surface area contributed by atoms with Gasteiger partial charge in [-0.05, 0) is 80.3 Å². The van der Waals surface area contributed by atoms with Crippen LogP contribution in [0.5, 0.6) is 0 Å². The molecule has 13 rings (SSSR count). The fourth-order valence-corrected chi connectivity index (χ4v) is 12.3. The molecule has 12 aromatic rings. The molecule has 0 spiro atoms. The van der Waals surface area contributed by atoms with Gasteiger partial charge in [-0.1, -0.05) is 256 Å². The molecule has 2 radical (unpaired) electrons. The van der Waals surface area contributed by atoms with Crippen molar-refractivity contribution < 1.29 is 20.8 Å². The molecule has 1 heterocycles. The van der Waals surface area contributed by atoms with E-state index in [4.69, 9.17) is 17.0 Å². The van der Waals surface area contributed by atoms with Crippen LogP contribution in [0, 0.1) is 17.9 Å². The summed E-state index contributed by atoms with van der Waals surface area (Å²) in [5.41, 5.74) is 21.0. The molecule has 0 amide bonds. The molecule has 0 aromatic heterocycles. The molecular formula is C74H61Cl2SiZr-3. The van der Waals surface area contributed by atoms with E-state index in [1.165, 1.54) is 121 Å². The second-order valence-electron chi connectivity index (χ2n) is 20.7. The van der Waals surface area contributed by atoms with Crippen LogP contribution >= 0.6 is 17.0 Å². The number of hydrogen-bond donors (Lipinski definition) is 0. The summed E-state index contributed by atoms with van der Waals surface area (Å²) in [4.78, 5) is 0. The first-order valence-corrected chi connectivity index (χ1v) is 34.3. The van der Waals surface area contributed by atoms with Gasteiger partial charge in [0.25, 0.3) is 0 Å². The van der Waals surface area contributed by atoms with Crippen LogP contribution in [-0.2, 0) is 33.7 Å². The maximum Gasteiger partial charge on any atom is 0.0920 e. The molecule has 382 valence electrons. The summed E-state index contributed by atoms with van der Waals surface area (Å²) in [5.74, 6) is 1.29. The summed E-state index contributed by atoms with van der Waals surface area (Å²) in [6.07, 6.45) is 2.21. The number of rotatable bonds is 10. The van der Waals surface area contributed by atoms with Gasteiger partial charge in [0.15, 0.2) is 0 Å². The summed E-state index contributed by atoms with van der Waals surface area (Å²) < 4.78 is 0. The predicted molar refractivity (Wildman–Crippen MR) is 336 cm³/mol. The van der Waals surface area contributed by atoms with Crippen LogP contribution in [0.15, 0.2) is 261 Å². The van der Waals surface area contributed by atoms with Gasteiger partial charge in [0.2, 0.25) is 0 Å². The average molecular weight is 1140 g/mol. The van der Waals surface area contributed by atoms with Crippen LogP contribution in [0.1, 0.15) is 38.8 Å². The minimum Gasteiger partial charge on any atom is -0.184 e. The van der Waals surface area contributed by atoms with E-state index in [-0.39, 0.29) is 0 Å². The molecule has 4 heteroatoms. The van der Waals surface area contributed by atoms with Gasteiger partial charge in [-0.15, -0.1) is 62.5 Å². The Hall–Kier alpha value is -6.90. The van der Waals surface area contributed by atoms with Crippen molar-refractivity contribution in [3.63, 3.8) is 0 Å². The van der Waals surface area contributed by atoms with Crippen LogP contribution in [0.2, 0.25) is 0 Å². The predicted octanol–water partition coefficient (Wildman–Crippen LogP) is 20.0. The number of fused-ring (bicyclic) bond motifs is 5. The first-order valence-electron chi connectivity index (χ1n) is 27.0. The van der Waals surface area contributed by atoms with Crippen molar-refractivity contribution in [3.05, 3.63) is 278 Å². The van der Waals surface area contributed by atoms with Crippen LogP contribution in [0.25, 0.3) is 99.4 Å². The van der Waals surface area contributed by atoms with E-state index in [2.05, 4.69) is 289 Å². The Balaban J connectivity index is 0.000000138. The molecule has 1 aliphatic rings. The summed E-state index contributed by atoms with van der Waals surface area (Å²) in [6.45, 7) is 9.16. The van der Waals surface area contributed by atoms with Crippen LogP contribution < -0.4 is 10.4 Å². The number of halogens is 2. The van der Waals surface area contributed by atoms with E-state index in [1.54, 1.807) is 0 Å². The zero-order valence-corrected chi connectivity index (χ0v) is 49.6. The largest absolute Gasteiger partial charge is 0.184 e. The fourth-order valence-electron chi connectivity index (χ4n) is 11.0. The Kier molecular flexibility index (Phi) is 18.3. The van der Waals surface area contributed by atoms with E-state index in [0.717, 1.165) is 22.4 Å². The molecule has 0 nitrogen and oxygen atoms in total. The topological polar surface area (TPSA) is 0 Å². The Morgan fingerprint density at radius 3 is 1.14 bits per heavy atom. The van der Waals surface area contributed by atoms with Gasteiger partial charge < -0.3 is 0 Å². The summed E-state index contributed by atoms with van der Waals surface area (Å²) in [7, 11) is 10.7. The van der Waals surface area contributed by atoms with E-state index in [0.29, 0.717) is 11.8 Å².